The minimum Gasteiger partial charge on any atom is -0.460 e. The number of ketones is 1. The number of rotatable bonds is 3. The van der Waals surface area contributed by atoms with Crippen LogP contribution >= 0.6 is 15.9 Å². The fraction of sp³-hybridized carbons (Fsp3) is 0.444. The van der Waals surface area contributed by atoms with Gasteiger partial charge in [-0.15, -0.1) is 0 Å². The standard InChI is InChI=1S/C9H11BrO4S/c1-9(2,15(3,12)13)8(11)7-6(10)4-5-14-7/h4-5H,1-3H3. The van der Waals surface area contributed by atoms with Crippen LogP contribution in [0.3, 0.4) is 0 Å². The van der Waals surface area contributed by atoms with Gasteiger partial charge >= 0.3 is 0 Å². The lowest BCUT2D eigenvalue weighted by atomic mass is 10.1. The number of hydrogen-bond donors (Lipinski definition) is 0. The van der Waals surface area contributed by atoms with Gasteiger partial charge in [-0.1, -0.05) is 0 Å². The second-order valence-corrected chi connectivity index (χ2v) is 7.13. The van der Waals surface area contributed by atoms with E-state index in [4.69, 9.17) is 4.42 Å². The van der Waals surface area contributed by atoms with Crippen LogP contribution in [0.1, 0.15) is 24.4 Å². The van der Waals surface area contributed by atoms with Crippen molar-refractivity contribution in [3.05, 3.63) is 22.6 Å². The zero-order valence-electron chi connectivity index (χ0n) is 8.57. The highest BCUT2D eigenvalue weighted by atomic mass is 79.9. The van der Waals surface area contributed by atoms with Gasteiger partial charge in [-0.05, 0) is 35.8 Å². The molecule has 1 rings (SSSR count). The normalized spacial score (nSPS) is 12.8. The molecule has 0 saturated carbocycles. The van der Waals surface area contributed by atoms with Gasteiger partial charge in [-0.25, -0.2) is 8.42 Å². The molecule has 0 aliphatic heterocycles. The summed E-state index contributed by atoms with van der Waals surface area (Å²) >= 11 is 3.12. The molecule has 84 valence electrons. The first-order valence-electron chi connectivity index (χ1n) is 4.15. The summed E-state index contributed by atoms with van der Waals surface area (Å²) in [4.78, 5) is 11.9. The van der Waals surface area contributed by atoms with E-state index in [1.165, 1.54) is 20.1 Å². The molecule has 0 unspecified atom stereocenters. The SMILES string of the molecule is CC(C)(C(=O)c1occc1Br)S(C)(=O)=O. The van der Waals surface area contributed by atoms with E-state index in [-0.39, 0.29) is 5.76 Å². The van der Waals surface area contributed by atoms with E-state index in [2.05, 4.69) is 15.9 Å². The summed E-state index contributed by atoms with van der Waals surface area (Å²) in [6.45, 7) is 2.72. The number of halogens is 1. The first-order chi connectivity index (χ1) is 6.68. The van der Waals surface area contributed by atoms with Crippen molar-refractivity contribution in [2.45, 2.75) is 18.6 Å². The Labute approximate surface area is 96.7 Å². The second-order valence-electron chi connectivity index (χ2n) is 3.71. The number of sulfone groups is 1. The van der Waals surface area contributed by atoms with Gasteiger partial charge in [0.2, 0.25) is 5.78 Å². The topological polar surface area (TPSA) is 64.3 Å². The molecule has 0 spiro atoms. The van der Waals surface area contributed by atoms with Crippen LogP contribution < -0.4 is 0 Å². The molecule has 0 aliphatic rings. The Balaban J connectivity index is 3.23. The maximum Gasteiger partial charge on any atom is 0.219 e. The molecule has 0 radical (unpaired) electrons. The van der Waals surface area contributed by atoms with Crippen molar-refractivity contribution in [2.24, 2.45) is 0 Å². The highest BCUT2D eigenvalue weighted by Gasteiger charge is 2.41. The van der Waals surface area contributed by atoms with Gasteiger partial charge in [0.05, 0.1) is 10.7 Å². The third-order valence-corrected chi connectivity index (χ3v) is 4.96. The number of furan rings is 1. The Kier molecular flexibility index (Phi) is 3.11. The average Bonchev–Trinajstić information content (AvgIpc) is 2.48. The highest BCUT2D eigenvalue weighted by molar-refractivity contribution is 9.10. The van der Waals surface area contributed by atoms with E-state index < -0.39 is 20.4 Å². The van der Waals surface area contributed by atoms with Crippen LogP contribution in [0.25, 0.3) is 0 Å². The molecule has 0 N–H and O–H groups in total. The smallest absolute Gasteiger partial charge is 0.219 e. The highest BCUT2D eigenvalue weighted by Crippen LogP contribution is 2.26. The number of hydrogen-bond acceptors (Lipinski definition) is 4. The molecule has 0 aliphatic carbocycles. The molecule has 6 heteroatoms. The van der Waals surface area contributed by atoms with Gasteiger partial charge in [0.1, 0.15) is 4.75 Å². The molecule has 0 bridgehead atoms. The molecule has 0 fully saturated rings. The molecular weight excluding hydrogens is 284 g/mol. The lowest BCUT2D eigenvalue weighted by Gasteiger charge is -2.19. The Morgan fingerprint density at radius 2 is 2.00 bits per heavy atom. The summed E-state index contributed by atoms with van der Waals surface area (Å²) in [5.74, 6) is -0.521. The van der Waals surface area contributed by atoms with Crippen LogP contribution in [-0.4, -0.2) is 25.2 Å². The van der Waals surface area contributed by atoms with Crippen molar-refractivity contribution < 1.29 is 17.6 Å². The molecular formula is C9H11BrO4S. The van der Waals surface area contributed by atoms with Gasteiger partial charge in [0.25, 0.3) is 0 Å². The van der Waals surface area contributed by atoms with Crippen LogP contribution in [0.15, 0.2) is 21.2 Å². The van der Waals surface area contributed by atoms with Crippen molar-refractivity contribution in [2.75, 3.05) is 6.26 Å². The fourth-order valence-electron chi connectivity index (χ4n) is 0.898. The lowest BCUT2D eigenvalue weighted by molar-refractivity contribution is 0.0925. The van der Waals surface area contributed by atoms with Crippen LogP contribution in [0, 0.1) is 0 Å². The summed E-state index contributed by atoms with van der Waals surface area (Å²) in [6.07, 6.45) is 2.36. The summed E-state index contributed by atoms with van der Waals surface area (Å²) in [7, 11) is -3.47. The monoisotopic (exact) mass is 294 g/mol. The van der Waals surface area contributed by atoms with E-state index in [0.717, 1.165) is 6.26 Å². The summed E-state index contributed by atoms with van der Waals surface area (Å²) in [5.41, 5.74) is 0. The largest absolute Gasteiger partial charge is 0.460 e. The lowest BCUT2D eigenvalue weighted by Crippen LogP contribution is -2.39. The summed E-state index contributed by atoms with van der Waals surface area (Å²) in [6, 6.07) is 1.55. The minimum atomic E-state index is -3.47. The average molecular weight is 295 g/mol. The maximum atomic E-state index is 11.9. The minimum absolute atomic E-state index is 0.0328. The fourth-order valence-corrected chi connectivity index (χ4v) is 1.71. The van der Waals surface area contributed by atoms with Crippen LogP contribution in [0.5, 0.6) is 0 Å². The molecule has 0 amide bonds. The zero-order valence-corrected chi connectivity index (χ0v) is 11.0. The summed E-state index contributed by atoms with van der Waals surface area (Å²) < 4.78 is 26.8. The van der Waals surface area contributed by atoms with E-state index in [1.54, 1.807) is 6.07 Å². The van der Waals surface area contributed by atoms with Crippen molar-refractivity contribution in [1.82, 2.24) is 0 Å². The van der Waals surface area contributed by atoms with Crippen molar-refractivity contribution in [3.8, 4) is 0 Å². The molecule has 4 nitrogen and oxygen atoms in total. The Bertz CT molecular complexity index is 484. The van der Waals surface area contributed by atoms with Crippen LogP contribution in [-0.2, 0) is 9.84 Å². The number of Topliss-reactive ketones (excluding diaryl/α,β-unsaturated/α-hetero) is 1. The predicted molar refractivity (Wildman–Crippen MR) is 59.7 cm³/mol. The molecule has 15 heavy (non-hydrogen) atoms. The second kappa shape index (κ2) is 3.75. The number of carbonyl (C=O) groups is 1. The number of carbonyl (C=O) groups excluding carboxylic acids is 1. The Hall–Kier alpha value is -0.620. The molecule has 0 saturated heterocycles. The molecule has 1 aromatic rings. The first kappa shape index (κ1) is 12.4. The van der Waals surface area contributed by atoms with Gasteiger partial charge in [0, 0.05) is 6.26 Å². The van der Waals surface area contributed by atoms with Gasteiger partial charge < -0.3 is 4.42 Å². The van der Waals surface area contributed by atoms with Crippen molar-refractivity contribution in [3.63, 3.8) is 0 Å². The van der Waals surface area contributed by atoms with E-state index in [1.807, 2.05) is 0 Å². The molecule has 0 aromatic carbocycles. The van der Waals surface area contributed by atoms with E-state index in [0.29, 0.717) is 4.47 Å². The third-order valence-electron chi connectivity index (χ3n) is 2.30. The first-order valence-corrected chi connectivity index (χ1v) is 6.84. The molecule has 1 aromatic heterocycles. The maximum absolute atomic E-state index is 11.9. The van der Waals surface area contributed by atoms with Gasteiger partial charge in [0.15, 0.2) is 15.6 Å². The van der Waals surface area contributed by atoms with Crippen LogP contribution in [0.2, 0.25) is 0 Å². The van der Waals surface area contributed by atoms with Gasteiger partial charge in [-0.3, -0.25) is 4.79 Å². The Morgan fingerprint density at radius 1 is 1.47 bits per heavy atom. The quantitative estimate of drug-likeness (QED) is 0.801. The van der Waals surface area contributed by atoms with Gasteiger partial charge in [-0.2, -0.15) is 0 Å². The Morgan fingerprint density at radius 3 is 2.33 bits per heavy atom. The predicted octanol–water partition coefficient (Wildman–Crippen LogP) is 2.05. The molecule has 0 atom stereocenters. The van der Waals surface area contributed by atoms with Crippen molar-refractivity contribution in [1.29, 1.82) is 0 Å². The zero-order chi connectivity index (χ0) is 11.9. The third kappa shape index (κ3) is 2.15. The van der Waals surface area contributed by atoms with Crippen molar-refractivity contribution >= 4 is 31.6 Å². The summed E-state index contributed by atoms with van der Waals surface area (Å²) in [5, 5.41) is 0. The van der Waals surface area contributed by atoms with E-state index >= 15 is 0 Å². The van der Waals surface area contributed by atoms with Crippen LogP contribution in [0.4, 0.5) is 0 Å². The van der Waals surface area contributed by atoms with E-state index in [9.17, 15) is 13.2 Å². The molecule has 1 heterocycles.